The van der Waals surface area contributed by atoms with Gasteiger partial charge in [-0.05, 0) is 69.8 Å². The summed E-state index contributed by atoms with van der Waals surface area (Å²) in [5, 5.41) is 86.5. The van der Waals surface area contributed by atoms with Gasteiger partial charge in [-0.2, -0.15) is 39.5 Å². The first-order valence-corrected chi connectivity index (χ1v) is 35.6. The summed E-state index contributed by atoms with van der Waals surface area (Å²) in [4.78, 5) is 51.3. The van der Waals surface area contributed by atoms with Crippen LogP contribution in [-0.2, 0) is 66.5 Å². The number of aliphatic carboxylic acids is 1. The van der Waals surface area contributed by atoms with Gasteiger partial charge in [0.15, 0.2) is 33.6 Å². The second kappa shape index (κ2) is 32.5. The van der Waals surface area contributed by atoms with E-state index < -0.39 is 179 Å². The number of carboxylic acids is 1. The number of rotatable bonds is 17. The first kappa shape index (κ1) is 86.0. The average molecular weight is 1670 g/mol. The Kier molecular flexibility index (Phi) is 23.7. The molecule has 6 aromatic carbocycles. The molecule has 0 unspecified atom stereocenters. The van der Waals surface area contributed by atoms with Crippen molar-refractivity contribution < 1.29 is 144 Å². The lowest BCUT2D eigenvalue weighted by Crippen LogP contribution is -2.52. The number of fused-ring (bicyclic) bond motifs is 9. The van der Waals surface area contributed by atoms with Crippen LogP contribution in [0.1, 0.15) is 84.5 Å². The van der Waals surface area contributed by atoms with Crippen molar-refractivity contribution in [1.82, 2.24) is 25.6 Å². The maximum Gasteiger partial charge on any atom is 0.416 e. The first-order valence-electron chi connectivity index (χ1n) is 35.6. The molecule has 0 bridgehead atoms. The van der Waals surface area contributed by atoms with Crippen LogP contribution in [-0.4, -0.2) is 147 Å². The van der Waals surface area contributed by atoms with E-state index in [1.54, 1.807) is 91.0 Å². The number of aliphatic hydroxyl groups excluding tert-OH is 3. The maximum absolute atomic E-state index is 13.4. The van der Waals surface area contributed by atoms with Gasteiger partial charge in [-0.25, -0.2) is 26.3 Å². The van der Waals surface area contributed by atoms with Gasteiger partial charge in [0.05, 0.1) is 129 Å². The van der Waals surface area contributed by atoms with Gasteiger partial charge < -0.3 is 80.5 Å². The predicted octanol–water partition coefficient (Wildman–Crippen LogP) is 11.1. The van der Waals surface area contributed by atoms with Gasteiger partial charge in [0.1, 0.15) is 52.8 Å². The number of carbonyl (C=O) groups is 3. The Morgan fingerprint density at radius 2 is 0.661 bits per heavy atom. The van der Waals surface area contributed by atoms with Gasteiger partial charge in [-0.1, -0.05) is 127 Å². The average Bonchev–Trinajstić information content (AvgIpc) is 1.51. The Bertz CT molecular complexity index is 4890. The minimum absolute atomic E-state index is 0.00770. The summed E-state index contributed by atoms with van der Waals surface area (Å²) in [5.74, 6) is -11.8. The fraction of sp³-hybridized carbons (Fsp3) is 0.333. The number of nitrogens with two attached hydrogens (primary N) is 1. The molecule has 22 nitrogen and oxygen atoms in total. The van der Waals surface area contributed by atoms with E-state index in [2.05, 4.69) is 31.3 Å². The number of nitrogens with one attached hydrogen (secondary N) is 2. The fourth-order valence-corrected chi connectivity index (χ4v) is 17.4. The van der Waals surface area contributed by atoms with E-state index in [1.165, 1.54) is 58.5 Å². The van der Waals surface area contributed by atoms with Crippen molar-refractivity contribution in [3.8, 4) is 34.5 Å². The van der Waals surface area contributed by atoms with Crippen molar-refractivity contribution in [3.05, 3.63) is 268 Å². The molecule has 6 heterocycles. The highest BCUT2D eigenvalue weighted by atomic mass is 19.4. The molecule has 0 radical (unpaired) electrons. The van der Waals surface area contributed by atoms with Crippen molar-refractivity contribution in [2.24, 2.45) is 23.5 Å². The van der Waals surface area contributed by atoms with Crippen molar-refractivity contribution in [3.63, 3.8) is 0 Å². The normalized spacial score (nSPS) is 27.3. The molecule has 3 aliphatic carbocycles. The number of halogens is 15. The topological polar surface area (TPSA) is 337 Å². The van der Waals surface area contributed by atoms with E-state index in [4.69, 9.17) is 28.4 Å². The Hall–Kier alpha value is -11.4. The first-order chi connectivity index (χ1) is 55.8. The van der Waals surface area contributed by atoms with Gasteiger partial charge in [-0.3, -0.25) is 29.3 Å². The lowest BCUT2D eigenvalue weighted by atomic mass is 9.70. The van der Waals surface area contributed by atoms with Crippen molar-refractivity contribution in [2.75, 3.05) is 41.0 Å². The van der Waals surface area contributed by atoms with E-state index >= 15 is 0 Å². The number of methoxy groups -OCH3 is 3. The minimum Gasteiger partial charge on any atom is -0.495 e. The summed E-state index contributed by atoms with van der Waals surface area (Å²) in [7, 11) is 3.87. The van der Waals surface area contributed by atoms with Crippen LogP contribution in [0, 0.1) is 17.8 Å². The molecule has 626 valence electrons. The van der Waals surface area contributed by atoms with Gasteiger partial charge in [0.25, 0.3) is 19.3 Å². The lowest BCUT2D eigenvalue weighted by molar-refractivity contribution is -0.159. The van der Waals surface area contributed by atoms with Crippen LogP contribution in [0.25, 0.3) is 0 Å². The van der Waals surface area contributed by atoms with Crippen LogP contribution in [0.4, 0.5) is 65.9 Å². The summed E-state index contributed by atoms with van der Waals surface area (Å²) >= 11 is 0. The zero-order valence-electron chi connectivity index (χ0n) is 61.5. The van der Waals surface area contributed by atoms with Gasteiger partial charge in [0.2, 0.25) is 11.8 Å². The zero-order chi connectivity index (χ0) is 85.8. The SMILES string of the molecule is COc1cncc2c1[C@]1(O)[C@H](O)[C@H](C(=O)NCC(F)F)[C@@H](c3ccccc3)[C@]1(c1ccc(C(F)(F)F)cc1)O2.COc1cncc2c1[C@]1(O)[C@H](O)[C@H](C(=O)NCC(F)F)[C@@H](c3ccccc3)[C@]1(c1ccc(C(F)(F)F)cc1)O2.COc1cncc2c1[C@]1(O)[C@H](O)[C@H](C(=O)O)[C@@H](c3ccccc3)[C@]1(c1ccc(C(F)(F)F)cc1)O2.NCC(F)F. The van der Waals surface area contributed by atoms with Gasteiger partial charge in [-0.15, -0.1) is 0 Å². The molecule has 0 saturated heterocycles. The number of hydrogen-bond acceptors (Lipinski definition) is 19. The predicted molar refractivity (Wildman–Crippen MR) is 382 cm³/mol. The number of ether oxygens (including phenoxy) is 6. The molecular formula is C81H71F15N6O16. The Balaban J connectivity index is 0.000000158. The minimum atomic E-state index is -4.66. The van der Waals surface area contributed by atoms with Gasteiger partial charge >= 0.3 is 24.5 Å². The maximum atomic E-state index is 13.4. The second-order valence-corrected chi connectivity index (χ2v) is 28.0. The largest absolute Gasteiger partial charge is 0.495 e. The summed E-state index contributed by atoms with van der Waals surface area (Å²) in [6.07, 6.45) is -20.4. The van der Waals surface area contributed by atoms with E-state index in [9.17, 15) is 116 Å². The lowest BCUT2D eigenvalue weighted by Gasteiger charge is -2.40. The molecule has 2 amide bonds. The molecule has 3 fully saturated rings. The molecule has 11 N–H and O–H groups in total. The summed E-state index contributed by atoms with van der Waals surface area (Å²) in [6.45, 7) is -2.56. The number of carboxylic acid groups (broad SMARTS) is 1. The molecule has 9 aromatic rings. The number of pyridine rings is 3. The number of hydrogen-bond donors (Lipinski definition) is 10. The Morgan fingerprint density at radius 1 is 0.415 bits per heavy atom. The number of alkyl halides is 15. The zero-order valence-corrected chi connectivity index (χ0v) is 61.5. The molecule has 6 aliphatic rings. The van der Waals surface area contributed by atoms with Crippen LogP contribution in [0.15, 0.2) is 201 Å². The highest BCUT2D eigenvalue weighted by Crippen LogP contribution is 2.73. The smallest absolute Gasteiger partial charge is 0.416 e. The molecule has 37 heteroatoms. The van der Waals surface area contributed by atoms with E-state index in [0.717, 1.165) is 72.8 Å². The summed E-state index contributed by atoms with van der Waals surface area (Å²) < 4.78 is 229. The third-order valence-electron chi connectivity index (χ3n) is 22.0. The molecule has 0 spiro atoms. The molecule has 3 aromatic heterocycles. The fourth-order valence-electron chi connectivity index (χ4n) is 17.4. The van der Waals surface area contributed by atoms with Crippen LogP contribution in [0.2, 0.25) is 0 Å². The third kappa shape index (κ3) is 14.1. The monoisotopic (exact) mass is 1670 g/mol. The Labute approximate surface area is 659 Å². The van der Waals surface area contributed by atoms with Gasteiger partial charge in [0, 0.05) is 17.8 Å². The second-order valence-electron chi connectivity index (χ2n) is 28.0. The van der Waals surface area contributed by atoms with Crippen LogP contribution >= 0.6 is 0 Å². The molecule has 3 saturated carbocycles. The van der Waals surface area contributed by atoms with Crippen molar-refractivity contribution in [2.45, 2.75) is 107 Å². The number of nitrogens with zero attached hydrogens (tertiary/aromatic N) is 3. The highest BCUT2D eigenvalue weighted by Gasteiger charge is 2.81. The van der Waals surface area contributed by atoms with E-state index in [0.29, 0.717) is 16.7 Å². The highest BCUT2D eigenvalue weighted by molar-refractivity contribution is 5.84. The van der Waals surface area contributed by atoms with Crippen molar-refractivity contribution >= 4 is 17.8 Å². The summed E-state index contributed by atoms with van der Waals surface area (Å²) in [5.41, 5.74) is -11.0. The standard InChI is InChI=1S/2C27H23F5N2O5.C25H20F3NO6.C2H5F2N/c2*1-38-17-11-33-12-18-22(17)25(37)23(35)20(24(36)34-13-19(28)29)21(14-5-3-2-4-6-14)26(25,39-18)15-7-9-16(10-8-15)27(30,31)32;1-34-16-11-29-12-17-20(16)23(33)21(30)18(22(31)32)19(13-5-3-2-4-6-13)24(23,35-17)14-7-9-15(10-8-14)25(26,27)28;3-2(4)1-5/h2*2-12,19-21,23,35,37H,13H2,1H3,(H,34,36);2-12,18-19,21,30,33H,1H3,(H,31,32);2H,1,5H2/t2*20-,21-,23-,25+,26+;18-,19-,21-,23+,24+;/m111./s1. The number of carbonyl (C=O) groups excluding carboxylic acids is 2. The van der Waals surface area contributed by atoms with Crippen LogP contribution in [0.3, 0.4) is 0 Å². The number of amides is 2. The van der Waals surface area contributed by atoms with Crippen LogP contribution < -0.4 is 44.8 Å². The Morgan fingerprint density at radius 3 is 0.881 bits per heavy atom. The molecule has 118 heavy (non-hydrogen) atoms. The summed E-state index contributed by atoms with van der Waals surface area (Å²) in [6, 6.07) is 35.9. The molecule has 15 rings (SSSR count). The quantitative estimate of drug-likeness (QED) is 0.0379. The molecule has 3 aliphatic heterocycles. The van der Waals surface area contributed by atoms with E-state index in [1.807, 2.05) is 0 Å². The molecular weight excluding hydrogens is 1600 g/mol. The number of benzene rings is 6. The third-order valence-corrected chi connectivity index (χ3v) is 22.0. The number of aliphatic hydroxyl groups is 6. The van der Waals surface area contributed by atoms with Crippen LogP contribution in [0.5, 0.6) is 34.5 Å². The number of aromatic nitrogens is 3. The van der Waals surface area contributed by atoms with Crippen molar-refractivity contribution in [1.29, 1.82) is 0 Å². The molecule has 15 atom stereocenters. The van der Waals surface area contributed by atoms with E-state index in [-0.39, 0.29) is 67.9 Å².